The Kier molecular flexibility index (Phi) is 6.24. The van der Waals surface area contributed by atoms with E-state index in [9.17, 15) is 27.6 Å². The Morgan fingerprint density at radius 2 is 1.76 bits per heavy atom. The van der Waals surface area contributed by atoms with Crippen LogP contribution < -0.4 is 21.5 Å². The molecule has 0 aliphatic carbocycles. The van der Waals surface area contributed by atoms with Crippen molar-refractivity contribution in [3.63, 3.8) is 0 Å². The number of fused-ring (bicyclic) bond motifs is 1. The van der Waals surface area contributed by atoms with Crippen molar-refractivity contribution < 1.29 is 22.8 Å². The molecule has 0 saturated heterocycles. The number of halogens is 5. The lowest BCUT2D eigenvalue weighted by Crippen LogP contribution is -2.36. The number of aromatic amines is 1. The van der Waals surface area contributed by atoms with Crippen LogP contribution in [0.1, 0.15) is 23.5 Å². The molecule has 1 aliphatic heterocycles. The van der Waals surface area contributed by atoms with Gasteiger partial charge in [-0.25, -0.2) is 0 Å². The number of alkyl halides is 3. The number of carbonyl (C=O) groups is 2. The van der Waals surface area contributed by atoms with E-state index in [0.29, 0.717) is 0 Å². The van der Waals surface area contributed by atoms with Crippen molar-refractivity contribution in [3.05, 3.63) is 74.0 Å². The molecule has 176 valence electrons. The molecule has 0 saturated carbocycles. The number of aromatic nitrogens is 2. The standard InChI is InChI=1S/C21H14Cl2F3N5O3/c22-10-5-11(23)7-13(6-10)27-18(33)14-8-15(32)29-17-16(14)19(34)31-20(30-17)28-12-3-1-2-9(4-12)21(24,25)26/h1-7,14H,8H2,(H,27,33)(H3,28,29,30,31,32,34)/t14-/m1/s1. The van der Waals surface area contributed by atoms with Crippen LogP contribution >= 0.6 is 23.2 Å². The van der Waals surface area contributed by atoms with E-state index in [1.807, 2.05) is 0 Å². The summed E-state index contributed by atoms with van der Waals surface area (Å²) < 4.78 is 38.9. The number of benzene rings is 2. The highest BCUT2D eigenvalue weighted by Crippen LogP contribution is 2.33. The SMILES string of the molecule is O=C1C[C@@H](C(=O)Nc2cc(Cl)cc(Cl)c2)c2c(nc(Nc3cccc(C(F)(F)F)c3)[nH]c2=O)N1. The van der Waals surface area contributed by atoms with Crippen molar-refractivity contribution in [1.82, 2.24) is 9.97 Å². The zero-order chi connectivity index (χ0) is 24.6. The molecule has 1 aromatic heterocycles. The Morgan fingerprint density at radius 1 is 1.06 bits per heavy atom. The van der Waals surface area contributed by atoms with E-state index in [2.05, 4.69) is 25.9 Å². The molecule has 13 heteroatoms. The summed E-state index contributed by atoms with van der Waals surface area (Å²) in [6.45, 7) is 0. The van der Waals surface area contributed by atoms with Crippen LogP contribution in [0.4, 0.5) is 36.3 Å². The smallest absolute Gasteiger partial charge is 0.326 e. The first-order valence-electron chi connectivity index (χ1n) is 9.65. The number of H-pyrrole nitrogens is 1. The van der Waals surface area contributed by atoms with E-state index in [1.165, 1.54) is 30.3 Å². The molecule has 3 aromatic rings. The van der Waals surface area contributed by atoms with Crippen LogP contribution in [0, 0.1) is 0 Å². The number of anilines is 4. The second-order valence-corrected chi connectivity index (χ2v) is 8.21. The number of rotatable bonds is 4. The van der Waals surface area contributed by atoms with Gasteiger partial charge in [-0.3, -0.25) is 19.4 Å². The maximum atomic E-state index is 13.0. The van der Waals surface area contributed by atoms with Crippen molar-refractivity contribution >= 4 is 58.2 Å². The van der Waals surface area contributed by atoms with Gasteiger partial charge in [-0.2, -0.15) is 18.2 Å². The van der Waals surface area contributed by atoms with E-state index in [1.54, 1.807) is 0 Å². The van der Waals surface area contributed by atoms with Crippen LogP contribution in [-0.4, -0.2) is 21.8 Å². The molecule has 2 heterocycles. The van der Waals surface area contributed by atoms with Gasteiger partial charge in [0.2, 0.25) is 17.8 Å². The monoisotopic (exact) mass is 511 g/mol. The summed E-state index contributed by atoms with van der Waals surface area (Å²) in [7, 11) is 0. The largest absolute Gasteiger partial charge is 0.416 e. The van der Waals surface area contributed by atoms with Crippen molar-refractivity contribution in [1.29, 1.82) is 0 Å². The fourth-order valence-corrected chi connectivity index (χ4v) is 3.95. The minimum absolute atomic E-state index is 0.00666. The quantitative estimate of drug-likeness (QED) is 0.397. The van der Waals surface area contributed by atoms with Crippen LogP contribution in [0.5, 0.6) is 0 Å². The normalized spacial score (nSPS) is 15.3. The molecule has 8 nitrogen and oxygen atoms in total. The minimum atomic E-state index is -4.56. The molecule has 2 amide bonds. The Bertz CT molecular complexity index is 1340. The van der Waals surface area contributed by atoms with Crippen molar-refractivity contribution in [2.75, 3.05) is 16.0 Å². The highest BCUT2D eigenvalue weighted by Gasteiger charge is 2.35. The summed E-state index contributed by atoms with van der Waals surface area (Å²) in [6.07, 6.45) is -4.88. The lowest BCUT2D eigenvalue weighted by Gasteiger charge is -2.23. The van der Waals surface area contributed by atoms with Gasteiger partial charge < -0.3 is 16.0 Å². The van der Waals surface area contributed by atoms with Crippen molar-refractivity contribution in [2.24, 2.45) is 0 Å². The third-order valence-electron chi connectivity index (χ3n) is 4.85. The molecular weight excluding hydrogens is 498 g/mol. The number of carbonyl (C=O) groups excluding carboxylic acids is 2. The molecule has 34 heavy (non-hydrogen) atoms. The van der Waals surface area contributed by atoms with E-state index in [4.69, 9.17) is 23.2 Å². The molecule has 0 bridgehead atoms. The van der Waals surface area contributed by atoms with Gasteiger partial charge in [-0.1, -0.05) is 29.3 Å². The van der Waals surface area contributed by atoms with Crippen molar-refractivity contribution in [2.45, 2.75) is 18.5 Å². The van der Waals surface area contributed by atoms with Gasteiger partial charge in [-0.15, -0.1) is 0 Å². The predicted molar refractivity (Wildman–Crippen MR) is 121 cm³/mol. The molecule has 1 atom stereocenters. The maximum absolute atomic E-state index is 13.0. The summed E-state index contributed by atoms with van der Waals surface area (Å²) >= 11 is 11.9. The fourth-order valence-electron chi connectivity index (χ4n) is 3.42. The molecule has 0 radical (unpaired) electrons. The minimum Gasteiger partial charge on any atom is -0.326 e. The predicted octanol–water partition coefficient (Wildman–Crippen LogP) is 4.90. The Hall–Kier alpha value is -3.57. The number of hydrogen-bond donors (Lipinski definition) is 4. The average molecular weight is 512 g/mol. The highest BCUT2D eigenvalue weighted by atomic mass is 35.5. The van der Waals surface area contributed by atoms with Crippen molar-refractivity contribution in [3.8, 4) is 0 Å². The molecule has 1 aliphatic rings. The molecular formula is C21H14Cl2F3N5O3. The lowest BCUT2D eigenvalue weighted by atomic mass is 9.92. The van der Waals surface area contributed by atoms with Gasteiger partial charge >= 0.3 is 6.18 Å². The average Bonchev–Trinajstić information content (AvgIpc) is 2.71. The number of nitrogens with one attached hydrogen (secondary N) is 4. The van der Waals surface area contributed by atoms with Gasteiger partial charge in [0.1, 0.15) is 5.82 Å². The van der Waals surface area contributed by atoms with E-state index in [0.717, 1.165) is 12.1 Å². The topological polar surface area (TPSA) is 116 Å². The molecule has 0 fully saturated rings. The van der Waals surface area contributed by atoms with Crippen LogP contribution in [0.15, 0.2) is 47.3 Å². The second kappa shape index (κ2) is 8.99. The molecule has 4 rings (SSSR count). The first-order valence-corrected chi connectivity index (χ1v) is 10.4. The van der Waals surface area contributed by atoms with Crippen LogP contribution in [0.3, 0.4) is 0 Å². The first kappa shape index (κ1) is 23.6. The molecule has 4 N–H and O–H groups in total. The summed E-state index contributed by atoms with van der Waals surface area (Å²) in [5, 5.41) is 8.10. The van der Waals surface area contributed by atoms with Crippen LogP contribution in [-0.2, 0) is 15.8 Å². The molecule has 2 aromatic carbocycles. The van der Waals surface area contributed by atoms with Crippen LogP contribution in [0.2, 0.25) is 10.0 Å². The maximum Gasteiger partial charge on any atom is 0.416 e. The second-order valence-electron chi connectivity index (χ2n) is 7.33. The van der Waals surface area contributed by atoms with E-state index < -0.39 is 35.0 Å². The van der Waals surface area contributed by atoms with Gasteiger partial charge in [-0.05, 0) is 36.4 Å². The van der Waals surface area contributed by atoms with E-state index >= 15 is 0 Å². The summed E-state index contributed by atoms with van der Waals surface area (Å²) in [5.41, 5.74) is -1.47. The third kappa shape index (κ3) is 5.15. The van der Waals surface area contributed by atoms with Gasteiger partial charge in [0.15, 0.2) is 0 Å². The van der Waals surface area contributed by atoms with Gasteiger partial charge in [0.25, 0.3) is 5.56 Å². The summed E-state index contributed by atoms with van der Waals surface area (Å²) in [6, 6.07) is 8.62. The number of amides is 2. The number of nitrogens with zero attached hydrogens (tertiary/aromatic N) is 1. The Morgan fingerprint density at radius 3 is 2.44 bits per heavy atom. The Balaban J connectivity index is 1.63. The van der Waals surface area contributed by atoms with E-state index in [-0.39, 0.29) is 45.2 Å². The molecule has 0 spiro atoms. The summed E-state index contributed by atoms with van der Waals surface area (Å²) in [5.74, 6) is -2.81. The van der Waals surface area contributed by atoms with Gasteiger partial charge in [0, 0.05) is 27.8 Å². The van der Waals surface area contributed by atoms with Crippen LogP contribution in [0.25, 0.3) is 0 Å². The van der Waals surface area contributed by atoms with Gasteiger partial charge in [0.05, 0.1) is 17.0 Å². The zero-order valence-corrected chi connectivity index (χ0v) is 18.4. The Labute approximate surface area is 199 Å². The highest BCUT2D eigenvalue weighted by molar-refractivity contribution is 6.35. The lowest BCUT2D eigenvalue weighted by molar-refractivity contribution is -0.137. The third-order valence-corrected chi connectivity index (χ3v) is 5.29. The number of hydrogen-bond acceptors (Lipinski definition) is 5. The molecule has 0 unspecified atom stereocenters. The summed E-state index contributed by atoms with van der Waals surface area (Å²) in [4.78, 5) is 44.3. The fraction of sp³-hybridized carbons (Fsp3) is 0.143. The first-order chi connectivity index (χ1) is 16.0. The zero-order valence-electron chi connectivity index (χ0n) is 16.9.